The maximum absolute atomic E-state index is 12.0. The van der Waals surface area contributed by atoms with Gasteiger partial charge >= 0.3 is 0 Å². The monoisotopic (exact) mass is 439 g/mol. The molecule has 162 valence electrons. The van der Waals surface area contributed by atoms with Gasteiger partial charge in [-0.05, 0) is 30.2 Å². The van der Waals surface area contributed by atoms with E-state index in [1.54, 1.807) is 24.0 Å². The van der Waals surface area contributed by atoms with E-state index in [-0.39, 0.29) is 22.7 Å². The molecule has 3 aliphatic heterocycles. The molecular weight excluding hydrogens is 414 g/mol. The second kappa shape index (κ2) is 8.47. The molecule has 1 aromatic heterocycles. The number of pyridine rings is 1. The molecule has 2 fully saturated rings. The van der Waals surface area contributed by atoms with Crippen molar-refractivity contribution in [2.75, 3.05) is 37.0 Å². The Kier molecular flexibility index (Phi) is 5.54. The highest BCUT2D eigenvalue weighted by atomic mass is 32.2. The van der Waals surface area contributed by atoms with Crippen LogP contribution in [0.2, 0.25) is 0 Å². The van der Waals surface area contributed by atoms with Gasteiger partial charge in [0.05, 0.1) is 29.9 Å². The third kappa shape index (κ3) is 3.65. The molecule has 0 unspecified atom stereocenters. The van der Waals surface area contributed by atoms with Crippen molar-refractivity contribution in [3.05, 3.63) is 64.0 Å². The zero-order chi connectivity index (χ0) is 21.4. The van der Waals surface area contributed by atoms with E-state index < -0.39 is 0 Å². The summed E-state index contributed by atoms with van der Waals surface area (Å²) in [4.78, 5) is 25.7. The highest BCUT2D eigenvalue weighted by molar-refractivity contribution is 8.14. The second-order valence-electron chi connectivity index (χ2n) is 7.94. The van der Waals surface area contributed by atoms with Gasteiger partial charge in [-0.1, -0.05) is 30.8 Å². The average molecular weight is 440 g/mol. The van der Waals surface area contributed by atoms with Crippen LogP contribution in [0.25, 0.3) is 0 Å². The smallest absolute Gasteiger partial charge is 0.292 e. The van der Waals surface area contributed by atoms with Crippen LogP contribution in [-0.2, 0) is 4.74 Å². The quantitative estimate of drug-likeness (QED) is 0.517. The molecule has 0 bridgehead atoms. The number of nitro benzene ring substituents is 1. The minimum Gasteiger partial charge on any atom is -0.378 e. The Morgan fingerprint density at radius 1 is 1.26 bits per heavy atom. The molecule has 0 aliphatic carbocycles. The molecule has 3 aliphatic rings. The lowest BCUT2D eigenvalue weighted by Gasteiger charge is -2.32. The molecule has 31 heavy (non-hydrogen) atoms. The lowest BCUT2D eigenvalue weighted by Crippen LogP contribution is -2.37. The van der Waals surface area contributed by atoms with E-state index in [0.29, 0.717) is 38.0 Å². The number of hydrogen-bond acceptors (Lipinski definition) is 8. The van der Waals surface area contributed by atoms with E-state index in [2.05, 4.69) is 16.8 Å². The molecule has 0 radical (unpaired) electrons. The minimum absolute atomic E-state index is 0.0951. The number of fused-ring (bicyclic) bond motifs is 1. The summed E-state index contributed by atoms with van der Waals surface area (Å²) < 4.78 is 5.42. The summed E-state index contributed by atoms with van der Waals surface area (Å²) in [7, 11) is 0. The SMILES string of the molecule is CC[C@@H]1CSC2=N[C@@H](c3ccccn3)[C@H](c3ccc(N4CCOCC4)c([N+](=O)[O-])c3)N21. The summed E-state index contributed by atoms with van der Waals surface area (Å²) in [6, 6.07) is 11.6. The van der Waals surface area contributed by atoms with E-state index in [4.69, 9.17) is 9.73 Å². The number of anilines is 1. The topological polar surface area (TPSA) is 84.1 Å². The highest BCUT2D eigenvalue weighted by Crippen LogP contribution is 2.49. The van der Waals surface area contributed by atoms with Gasteiger partial charge in [-0.25, -0.2) is 0 Å². The number of ether oxygens (including phenoxy) is 1. The van der Waals surface area contributed by atoms with Crippen LogP contribution in [0.1, 0.15) is 36.7 Å². The van der Waals surface area contributed by atoms with Crippen LogP contribution in [0.3, 0.4) is 0 Å². The Morgan fingerprint density at radius 2 is 2.10 bits per heavy atom. The number of aromatic nitrogens is 1. The number of benzene rings is 1. The molecule has 8 nitrogen and oxygen atoms in total. The first kappa shape index (κ1) is 20.3. The van der Waals surface area contributed by atoms with E-state index in [1.165, 1.54) is 0 Å². The van der Waals surface area contributed by atoms with E-state index in [0.717, 1.165) is 28.6 Å². The van der Waals surface area contributed by atoms with Crippen molar-refractivity contribution in [3.63, 3.8) is 0 Å². The highest BCUT2D eigenvalue weighted by Gasteiger charge is 2.46. The summed E-state index contributed by atoms with van der Waals surface area (Å²) in [6.07, 6.45) is 2.79. The third-order valence-corrected chi connectivity index (χ3v) is 7.34. The predicted molar refractivity (Wildman–Crippen MR) is 122 cm³/mol. The molecule has 1 aromatic carbocycles. The number of amidine groups is 1. The number of hydrogen-bond donors (Lipinski definition) is 0. The lowest BCUT2D eigenvalue weighted by atomic mass is 9.94. The first-order chi connectivity index (χ1) is 15.2. The van der Waals surface area contributed by atoms with Gasteiger partial charge in [0.2, 0.25) is 0 Å². The molecule has 0 saturated carbocycles. The molecule has 4 heterocycles. The fourth-order valence-corrected chi connectivity index (χ4v) is 5.99. The number of morpholine rings is 1. The van der Waals surface area contributed by atoms with Crippen molar-refractivity contribution >= 4 is 28.3 Å². The molecular formula is C22H25N5O3S. The fraction of sp³-hybridized carbons (Fsp3) is 0.455. The van der Waals surface area contributed by atoms with Crippen molar-refractivity contribution in [1.82, 2.24) is 9.88 Å². The largest absolute Gasteiger partial charge is 0.378 e. The summed E-state index contributed by atoms with van der Waals surface area (Å²) >= 11 is 1.77. The summed E-state index contributed by atoms with van der Waals surface area (Å²) in [5, 5.41) is 13.0. The Balaban J connectivity index is 1.57. The Hall–Kier alpha value is -2.65. The molecule has 0 spiro atoms. The number of nitrogens with zero attached hydrogens (tertiary/aromatic N) is 5. The number of thioether (sulfide) groups is 1. The van der Waals surface area contributed by atoms with Crippen molar-refractivity contribution < 1.29 is 9.66 Å². The molecule has 5 rings (SSSR count). The van der Waals surface area contributed by atoms with Crippen LogP contribution in [-0.4, -0.2) is 58.1 Å². The standard InChI is InChI=1S/C22H25N5O3S/c1-2-16-14-31-22-24-20(17-5-3-4-8-23-17)21(26(16)22)15-6-7-18(19(13-15)27(28)29)25-9-11-30-12-10-25/h3-8,13,16,20-21H,2,9-12,14H2,1H3/t16-,20+,21+/m1/s1. The van der Waals surface area contributed by atoms with Gasteiger partial charge in [0.1, 0.15) is 11.7 Å². The molecule has 9 heteroatoms. The van der Waals surface area contributed by atoms with Crippen LogP contribution in [0, 0.1) is 10.1 Å². The normalized spacial score (nSPS) is 25.5. The molecule has 2 saturated heterocycles. The predicted octanol–water partition coefficient (Wildman–Crippen LogP) is 3.81. The second-order valence-corrected chi connectivity index (χ2v) is 8.93. The van der Waals surface area contributed by atoms with Crippen LogP contribution < -0.4 is 4.90 Å². The maximum Gasteiger partial charge on any atom is 0.292 e. The summed E-state index contributed by atoms with van der Waals surface area (Å²) in [5.41, 5.74) is 2.62. The zero-order valence-electron chi connectivity index (χ0n) is 17.4. The van der Waals surface area contributed by atoms with E-state index in [9.17, 15) is 10.1 Å². The number of rotatable bonds is 5. The number of nitro groups is 1. The van der Waals surface area contributed by atoms with Gasteiger partial charge in [0, 0.05) is 37.1 Å². The molecule has 0 amide bonds. The van der Waals surface area contributed by atoms with Crippen molar-refractivity contribution in [2.24, 2.45) is 4.99 Å². The van der Waals surface area contributed by atoms with Crippen LogP contribution in [0.5, 0.6) is 0 Å². The van der Waals surface area contributed by atoms with Gasteiger partial charge in [0.25, 0.3) is 5.69 Å². The zero-order valence-corrected chi connectivity index (χ0v) is 18.2. The van der Waals surface area contributed by atoms with Crippen LogP contribution in [0.4, 0.5) is 11.4 Å². The van der Waals surface area contributed by atoms with Gasteiger partial charge in [-0.3, -0.25) is 20.1 Å². The van der Waals surface area contributed by atoms with Gasteiger partial charge in [-0.2, -0.15) is 0 Å². The van der Waals surface area contributed by atoms with Crippen LogP contribution >= 0.6 is 11.8 Å². The van der Waals surface area contributed by atoms with Gasteiger partial charge in [0.15, 0.2) is 5.17 Å². The maximum atomic E-state index is 12.0. The fourth-order valence-electron chi connectivity index (χ4n) is 4.65. The minimum atomic E-state index is -0.267. The summed E-state index contributed by atoms with van der Waals surface area (Å²) in [6.45, 7) is 4.68. The van der Waals surface area contributed by atoms with E-state index >= 15 is 0 Å². The lowest BCUT2D eigenvalue weighted by molar-refractivity contribution is -0.384. The Morgan fingerprint density at radius 3 is 2.81 bits per heavy atom. The Bertz CT molecular complexity index is 996. The Labute approximate surface area is 185 Å². The van der Waals surface area contributed by atoms with Crippen molar-refractivity contribution in [1.29, 1.82) is 0 Å². The van der Waals surface area contributed by atoms with Crippen molar-refractivity contribution in [2.45, 2.75) is 31.5 Å². The molecule has 0 N–H and O–H groups in total. The molecule has 2 aromatic rings. The third-order valence-electron chi connectivity index (χ3n) is 6.22. The number of aliphatic imine (C=N–C) groups is 1. The van der Waals surface area contributed by atoms with Gasteiger partial charge < -0.3 is 14.5 Å². The first-order valence-corrected chi connectivity index (χ1v) is 11.7. The average Bonchev–Trinajstić information content (AvgIpc) is 3.39. The van der Waals surface area contributed by atoms with E-state index in [1.807, 2.05) is 35.2 Å². The van der Waals surface area contributed by atoms with Crippen molar-refractivity contribution in [3.8, 4) is 0 Å². The molecule has 3 atom stereocenters. The van der Waals surface area contributed by atoms with Gasteiger partial charge in [-0.15, -0.1) is 0 Å². The van der Waals surface area contributed by atoms with Crippen LogP contribution in [0.15, 0.2) is 47.6 Å². The first-order valence-electron chi connectivity index (χ1n) is 10.7. The summed E-state index contributed by atoms with van der Waals surface area (Å²) in [5.74, 6) is 0.995.